The Bertz CT molecular complexity index is 353. The molecule has 0 aliphatic carbocycles. The van der Waals surface area contributed by atoms with Gasteiger partial charge in [0.15, 0.2) is 6.10 Å². The van der Waals surface area contributed by atoms with Gasteiger partial charge in [0.25, 0.3) is 0 Å². The Morgan fingerprint density at radius 3 is 1.38 bits per heavy atom. The molecule has 0 aromatic carbocycles. The molecule has 21 heavy (non-hydrogen) atoms. The maximum Gasteiger partial charge on any atom is 0.460 e. The second kappa shape index (κ2) is 5.39. The second-order valence-corrected chi connectivity index (χ2v) is 3.85. The molecule has 0 fully saturated rings. The summed E-state index contributed by atoms with van der Waals surface area (Å²) in [5, 5.41) is 0. The molecule has 0 radical (unpaired) electrons. The summed E-state index contributed by atoms with van der Waals surface area (Å²) in [4.78, 5) is 0. The molecular formula is C8H6F12O. The van der Waals surface area contributed by atoms with Crippen molar-refractivity contribution in [1.29, 1.82) is 0 Å². The van der Waals surface area contributed by atoms with Crippen LogP contribution in [0, 0.1) is 0 Å². The van der Waals surface area contributed by atoms with E-state index in [-0.39, 0.29) is 6.92 Å². The normalized spacial score (nSPS) is 17.0. The zero-order valence-corrected chi connectivity index (χ0v) is 9.73. The van der Waals surface area contributed by atoms with Gasteiger partial charge in [-0.15, -0.1) is 0 Å². The van der Waals surface area contributed by atoms with Gasteiger partial charge >= 0.3 is 30.1 Å². The van der Waals surface area contributed by atoms with Gasteiger partial charge in [-0.25, -0.2) is 0 Å². The SMILES string of the molecule is C[C@H](OCC(F)(F)C(F)(F)C(F)(F)C(F)(F)F)C(F)(F)F. The number of hydrogen-bond acceptors (Lipinski definition) is 1. The van der Waals surface area contributed by atoms with Gasteiger partial charge in [0.05, 0.1) is 0 Å². The first-order valence-corrected chi connectivity index (χ1v) is 4.76. The summed E-state index contributed by atoms with van der Waals surface area (Å²) in [6.45, 7) is -2.90. The first-order valence-electron chi connectivity index (χ1n) is 4.76. The molecule has 0 saturated heterocycles. The molecule has 1 nitrogen and oxygen atoms in total. The summed E-state index contributed by atoms with van der Waals surface area (Å²) in [5.74, 6) is -20.3. The fourth-order valence-electron chi connectivity index (χ4n) is 0.822. The standard InChI is InChI=1S/C8H6F12O/c1-3(5(11,12)13)21-2-4(9,10)6(14,15)7(16,17)8(18,19)20/h3H,2H2,1H3/t3-/m0/s1. The van der Waals surface area contributed by atoms with Crippen molar-refractivity contribution < 1.29 is 57.4 Å². The summed E-state index contributed by atoms with van der Waals surface area (Å²) in [5.41, 5.74) is 0. The quantitative estimate of drug-likeness (QED) is 0.670. The first kappa shape index (κ1) is 20.1. The largest absolute Gasteiger partial charge is 0.460 e. The highest BCUT2D eigenvalue weighted by Gasteiger charge is 2.81. The lowest BCUT2D eigenvalue weighted by Gasteiger charge is -2.34. The fraction of sp³-hybridized carbons (Fsp3) is 1.00. The van der Waals surface area contributed by atoms with Gasteiger partial charge in [-0.3, -0.25) is 0 Å². The second-order valence-electron chi connectivity index (χ2n) is 3.85. The molecule has 1 atom stereocenters. The van der Waals surface area contributed by atoms with Crippen LogP contribution in [-0.4, -0.2) is 42.8 Å². The van der Waals surface area contributed by atoms with Gasteiger partial charge in [0, 0.05) is 0 Å². The number of ether oxygens (including phenoxy) is 1. The maximum atomic E-state index is 12.8. The number of hydrogen-bond donors (Lipinski definition) is 0. The lowest BCUT2D eigenvalue weighted by atomic mass is 10.0. The summed E-state index contributed by atoms with van der Waals surface area (Å²) < 4.78 is 149. The molecule has 13 heteroatoms. The zero-order chi connectivity index (χ0) is 17.5. The van der Waals surface area contributed by atoms with E-state index >= 15 is 0 Å². The van der Waals surface area contributed by atoms with Gasteiger partial charge in [-0.1, -0.05) is 0 Å². The van der Waals surface area contributed by atoms with E-state index in [1.807, 2.05) is 0 Å². The average molecular weight is 346 g/mol. The van der Waals surface area contributed by atoms with E-state index in [0.29, 0.717) is 0 Å². The Kier molecular flexibility index (Phi) is 5.17. The Morgan fingerprint density at radius 1 is 0.714 bits per heavy atom. The Labute approximate surface area is 108 Å². The molecule has 0 rings (SSSR count). The average Bonchev–Trinajstić information content (AvgIpc) is 2.22. The molecule has 0 bridgehead atoms. The lowest BCUT2D eigenvalue weighted by Crippen LogP contribution is -2.62. The molecule has 0 aromatic heterocycles. The number of rotatable bonds is 5. The van der Waals surface area contributed by atoms with Crippen molar-refractivity contribution in [2.24, 2.45) is 0 Å². The fourth-order valence-corrected chi connectivity index (χ4v) is 0.822. The summed E-state index contributed by atoms with van der Waals surface area (Å²) >= 11 is 0. The van der Waals surface area contributed by atoms with E-state index in [9.17, 15) is 52.7 Å². The van der Waals surface area contributed by atoms with Crippen molar-refractivity contribution in [3.05, 3.63) is 0 Å². The van der Waals surface area contributed by atoms with Gasteiger partial charge < -0.3 is 4.74 Å². The van der Waals surface area contributed by atoms with Crippen LogP contribution in [0.4, 0.5) is 52.7 Å². The summed E-state index contributed by atoms with van der Waals surface area (Å²) in [7, 11) is 0. The van der Waals surface area contributed by atoms with Crippen LogP contribution >= 0.6 is 0 Å². The molecule has 0 spiro atoms. The first-order chi connectivity index (χ1) is 8.88. The highest BCUT2D eigenvalue weighted by molar-refractivity contribution is 5.00. The third kappa shape index (κ3) is 3.86. The minimum Gasteiger partial charge on any atom is -0.363 e. The molecule has 0 amide bonds. The lowest BCUT2D eigenvalue weighted by molar-refractivity contribution is -0.402. The molecule has 0 aliphatic rings. The third-order valence-electron chi connectivity index (χ3n) is 2.19. The Balaban J connectivity index is 5.23. The molecule has 0 heterocycles. The molecular weight excluding hydrogens is 340 g/mol. The van der Waals surface area contributed by atoms with E-state index in [1.165, 1.54) is 0 Å². The topological polar surface area (TPSA) is 9.23 Å². The molecule has 0 aliphatic heterocycles. The van der Waals surface area contributed by atoms with Crippen molar-refractivity contribution in [1.82, 2.24) is 0 Å². The van der Waals surface area contributed by atoms with Crippen LogP contribution in [0.1, 0.15) is 6.92 Å². The zero-order valence-electron chi connectivity index (χ0n) is 9.73. The number of alkyl halides is 12. The summed E-state index contributed by atoms with van der Waals surface area (Å²) in [6, 6.07) is 0. The minimum atomic E-state index is -7.16. The molecule has 0 N–H and O–H groups in total. The van der Waals surface area contributed by atoms with E-state index < -0.39 is 42.8 Å². The predicted octanol–water partition coefficient (Wildman–Crippen LogP) is 4.42. The molecule has 0 unspecified atom stereocenters. The predicted molar refractivity (Wildman–Crippen MR) is 42.4 cm³/mol. The van der Waals surface area contributed by atoms with E-state index in [1.54, 1.807) is 0 Å². The van der Waals surface area contributed by atoms with Crippen molar-refractivity contribution in [2.75, 3.05) is 6.61 Å². The highest BCUT2D eigenvalue weighted by Crippen LogP contribution is 2.53. The van der Waals surface area contributed by atoms with Gasteiger partial charge in [0.2, 0.25) is 0 Å². The minimum absolute atomic E-state index is 0.0795. The van der Waals surface area contributed by atoms with Crippen LogP contribution in [0.25, 0.3) is 0 Å². The van der Waals surface area contributed by atoms with Crippen LogP contribution in [0.2, 0.25) is 0 Å². The van der Waals surface area contributed by atoms with Crippen LogP contribution in [0.15, 0.2) is 0 Å². The third-order valence-corrected chi connectivity index (χ3v) is 2.19. The van der Waals surface area contributed by atoms with Crippen LogP contribution in [0.5, 0.6) is 0 Å². The number of halogens is 12. The maximum absolute atomic E-state index is 12.8. The van der Waals surface area contributed by atoms with Gasteiger partial charge in [-0.2, -0.15) is 52.7 Å². The molecule has 0 aromatic rings. The van der Waals surface area contributed by atoms with Crippen LogP contribution < -0.4 is 0 Å². The van der Waals surface area contributed by atoms with Crippen molar-refractivity contribution in [2.45, 2.75) is 43.1 Å². The van der Waals surface area contributed by atoms with Crippen LogP contribution in [-0.2, 0) is 4.74 Å². The van der Waals surface area contributed by atoms with E-state index in [2.05, 4.69) is 4.74 Å². The van der Waals surface area contributed by atoms with Crippen molar-refractivity contribution >= 4 is 0 Å². The smallest absolute Gasteiger partial charge is 0.363 e. The molecule has 128 valence electrons. The summed E-state index contributed by atoms with van der Waals surface area (Å²) in [6.07, 6.45) is -15.4. The van der Waals surface area contributed by atoms with Crippen molar-refractivity contribution in [3.63, 3.8) is 0 Å². The van der Waals surface area contributed by atoms with Gasteiger partial charge in [0.1, 0.15) is 6.61 Å². The van der Waals surface area contributed by atoms with E-state index in [0.717, 1.165) is 0 Å². The van der Waals surface area contributed by atoms with Crippen molar-refractivity contribution in [3.8, 4) is 0 Å². The monoisotopic (exact) mass is 346 g/mol. The highest BCUT2D eigenvalue weighted by atomic mass is 19.4. The van der Waals surface area contributed by atoms with Crippen LogP contribution in [0.3, 0.4) is 0 Å². The van der Waals surface area contributed by atoms with E-state index in [4.69, 9.17) is 0 Å². The van der Waals surface area contributed by atoms with Gasteiger partial charge in [-0.05, 0) is 6.92 Å². The molecule has 0 saturated carbocycles. The Hall–Kier alpha value is -0.880. The Morgan fingerprint density at radius 2 is 1.10 bits per heavy atom.